The highest BCUT2D eigenvalue weighted by atomic mass is 19.1. The molecule has 104 valence electrons. The maximum Gasteiger partial charge on any atom is 0.187 e. The van der Waals surface area contributed by atoms with E-state index in [1.54, 1.807) is 36.2 Å². The van der Waals surface area contributed by atoms with E-state index in [0.717, 1.165) is 5.69 Å². The molecular weight excluding hydrogens is 257 g/mol. The van der Waals surface area contributed by atoms with Crippen molar-refractivity contribution in [1.82, 2.24) is 9.97 Å². The quantitative estimate of drug-likeness (QED) is 0.661. The Kier molecular flexibility index (Phi) is 3.93. The number of hydrogen-bond acceptors (Lipinski definition) is 4. The van der Waals surface area contributed by atoms with Crippen molar-refractivity contribution in [2.24, 2.45) is 5.73 Å². The highest BCUT2D eigenvalue weighted by molar-refractivity contribution is 5.95. The first-order valence-electron chi connectivity index (χ1n) is 6.22. The molecule has 0 atom stereocenters. The zero-order valence-electron chi connectivity index (χ0n) is 11.4. The van der Waals surface area contributed by atoms with Crippen molar-refractivity contribution in [3.8, 4) is 0 Å². The number of aromatic nitrogens is 2. The van der Waals surface area contributed by atoms with Gasteiger partial charge in [0, 0.05) is 18.3 Å². The van der Waals surface area contributed by atoms with Crippen LogP contribution in [0, 0.1) is 11.2 Å². The molecule has 0 spiro atoms. The normalized spacial score (nSPS) is 10.3. The first-order valence-corrected chi connectivity index (χ1v) is 6.22. The molecule has 0 radical (unpaired) electrons. The molecule has 20 heavy (non-hydrogen) atoms. The monoisotopic (exact) mass is 273 g/mol. The lowest BCUT2D eigenvalue weighted by Gasteiger charge is -2.19. The third kappa shape index (κ3) is 2.59. The first kappa shape index (κ1) is 13.9. The molecule has 0 aliphatic carbocycles. The predicted molar refractivity (Wildman–Crippen MR) is 76.9 cm³/mol. The average Bonchev–Trinajstić information content (AvgIpc) is 2.47. The van der Waals surface area contributed by atoms with Crippen LogP contribution in [0.25, 0.3) is 0 Å². The fourth-order valence-corrected chi connectivity index (χ4v) is 1.86. The average molecular weight is 273 g/mol. The summed E-state index contributed by atoms with van der Waals surface area (Å²) in [7, 11) is 1.73. The van der Waals surface area contributed by atoms with Gasteiger partial charge in [-0.15, -0.1) is 0 Å². The lowest BCUT2D eigenvalue weighted by molar-refractivity contribution is 0.593. The Morgan fingerprint density at radius 1 is 1.30 bits per heavy atom. The number of nitrogens with two attached hydrogens (primary N) is 1. The maximum absolute atomic E-state index is 14.2. The molecule has 0 unspecified atom stereocenters. The second-order valence-corrected chi connectivity index (χ2v) is 4.33. The summed E-state index contributed by atoms with van der Waals surface area (Å²) in [6.07, 6.45) is 1.87. The molecule has 0 saturated carbocycles. The van der Waals surface area contributed by atoms with Crippen LogP contribution in [-0.2, 0) is 6.42 Å². The number of nitrogens with one attached hydrogen (secondary N) is 1. The number of rotatable bonds is 4. The van der Waals surface area contributed by atoms with E-state index >= 15 is 0 Å². The van der Waals surface area contributed by atoms with Crippen molar-refractivity contribution < 1.29 is 4.39 Å². The fraction of sp³-hybridized carbons (Fsp3) is 0.214. The molecule has 0 bridgehead atoms. The van der Waals surface area contributed by atoms with Gasteiger partial charge in [-0.25, -0.2) is 14.4 Å². The van der Waals surface area contributed by atoms with Crippen LogP contribution in [-0.4, -0.2) is 22.9 Å². The number of hydrogen-bond donors (Lipinski definition) is 2. The Morgan fingerprint density at radius 2 is 1.95 bits per heavy atom. The van der Waals surface area contributed by atoms with Crippen LogP contribution in [0.2, 0.25) is 0 Å². The lowest BCUT2D eigenvalue weighted by atomic mass is 10.2. The van der Waals surface area contributed by atoms with E-state index < -0.39 is 5.82 Å². The number of benzene rings is 1. The van der Waals surface area contributed by atoms with Crippen molar-refractivity contribution >= 4 is 17.3 Å². The van der Waals surface area contributed by atoms with E-state index in [1.165, 1.54) is 6.33 Å². The Hall–Kier alpha value is -2.50. The number of halogens is 1. The van der Waals surface area contributed by atoms with E-state index in [-0.39, 0.29) is 11.7 Å². The minimum Gasteiger partial charge on any atom is -0.384 e. The van der Waals surface area contributed by atoms with Gasteiger partial charge in [0.1, 0.15) is 12.2 Å². The van der Waals surface area contributed by atoms with Crippen LogP contribution in [0.5, 0.6) is 0 Å². The van der Waals surface area contributed by atoms with Gasteiger partial charge < -0.3 is 10.6 Å². The van der Waals surface area contributed by atoms with E-state index in [4.69, 9.17) is 11.1 Å². The van der Waals surface area contributed by atoms with Crippen LogP contribution in [0.4, 0.5) is 15.9 Å². The molecule has 0 amide bonds. The Labute approximate surface area is 116 Å². The molecule has 1 aromatic carbocycles. The Morgan fingerprint density at radius 3 is 2.50 bits per heavy atom. The van der Waals surface area contributed by atoms with Crippen LogP contribution in [0.15, 0.2) is 30.6 Å². The SMILES string of the molecule is CCc1ncnc(N(C)c2ccc(C(=N)N)cc2)c1F. The van der Waals surface area contributed by atoms with Gasteiger partial charge in [-0.05, 0) is 30.7 Å². The van der Waals surface area contributed by atoms with Crippen molar-refractivity contribution in [3.63, 3.8) is 0 Å². The molecule has 2 aromatic rings. The number of nitrogens with zero attached hydrogens (tertiary/aromatic N) is 3. The molecular formula is C14H16FN5. The second-order valence-electron chi connectivity index (χ2n) is 4.33. The van der Waals surface area contributed by atoms with Crippen molar-refractivity contribution in [2.45, 2.75) is 13.3 Å². The fourth-order valence-electron chi connectivity index (χ4n) is 1.86. The third-order valence-electron chi connectivity index (χ3n) is 3.06. The molecule has 5 nitrogen and oxygen atoms in total. The number of anilines is 2. The molecule has 3 N–H and O–H groups in total. The molecule has 2 rings (SSSR count). The molecule has 1 aromatic heterocycles. The molecule has 0 aliphatic rings. The summed E-state index contributed by atoms with van der Waals surface area (Å²) < 4.78 is 14.2. The van der Waals surface area contributed by atoms with Gasteiger partial charge in [0.2, 0.25) is 0 Å². The van der Waals surface area contributed by atoms with Gasteiger partial charge in [0.05, 0.1) is 5.69 Å². The zero-order valence-corrected chi connectivity index (χ0v) is 11.4. The summed E-state index contributed by atoms with van der Waals surface area (Å²) in [5.41, 5.74) is 7.18. The molecule has 6 heteroatoms. The van der Waals surface area contributed by atoms with Crippen molar-refractivity contribution in [1.29, 1.82) is 5.41 Å². The van der Waals surface area contributed by atoms with Gasteiger partial charge in [-0.1, -0.05) is 6.92 Å². The molecule has 0 fully saturated rings. The van der Waals surface area contributed by atoms with Crippen molar-refractivity contribution in [3.05, 3.63) is 47.7 Å². The van der Waals surface area contributed by atoms with E-state index in [0.29, 0.717) is 17.7 Å². The largest absolute Gasteiger partial charge is 0.384 e. The van der Waals surface area contributed by atoms with E-state index in [9.17, 15) is 4.39 Å². The van der Waals surface area contributed by atoms with E-state index in [1.807, 2.05) is 6.92 Å². The van der Waals surface area contributed by atoms with Crippen LogP contribution in [0.1, 0.15) is 18.2 Å². The van der Waals surface area contributed by atoms with Crippen molar-refractivity contribution in [2.75, 3.05) is 11.9 Å². The molecule has 0 saturated heterocycles. The highest BCUT2D eigenvalue weighted by Crippen LogP contribution is 2.25. The lowest BCUT2D eigenvalue weighted by Crippen LogP contribution is -2.16. The van der Waals surface area contributed by atoms with Gasteiger partial charge in [0.15, 0.2) is 11.6 Å². The maximum atomic E-state index is 14.2. The van der Waals surface area contributed by atoms with Crippen LogP contribution in [0.3, 0.4) is 0 Å². The minimum absolute atomic E-state index is 0.000638. The topological polar surface area (TPSA) is 78.9 Å². The van der Waals surface area contributed by atoms with Crippen LogP contribution >= 0.6 is 0 Å². The van der Waals surface area contributed by atoms with Gasteiger partial charge >= 0.3 is 0 Å². The summed E-state index contributed by atoms with van der Waals surface area (Å²) in [5.74, 6) is -0.179. The smallest absolute Gasteiger partial charge is 0.187 e. The zero-order chi connectivity index (χ0) is 14.7. The highest BCUT2D eigenvalue weighted by Gasteiger charge is 2.15. The summed E-state index contributed by atoms with van der Waals surface area (Å²) in [5, 5.41) is 7.35. The summed E-state index contributed by atoms with van der Waals surface area (Å²) in [4.78, 5) is 9.55. The number of nitrogen functional groups attached to an aromatic ring is 1. The first-order chi connectivity index (χ1) is 9.54. The number of amidine groups is 1. The predicted octanol–water partition coefficient (Wildman–Crippen LogP) is 2.23. The number of aryl methyl sites for hydroxylation is 1. The van der Waals surface area contributed by atoms with Crippen LogP contribution < -0.4 is 10.6 Å². The van der Waals surface area contributed by atoms with Gasteiger partial charge in [-0.2, -0.15) is 0 Å². The Balaban J connectivity index is 2.36. The standard InChI is InChI=1S/C14H16FN5/c1-3-11-12(15)14(19-8-18-11)20(2)10-6-4-9(5-7-10)13(16)17/h4-8H,3H2,1-2H3,(H3,16,17). The minimum atomic E-state index is -0.409. The summed E-state index contributed by atoms with van der Waals surface area (Å²) >= 11 is 0. The van der Waals surface area contributed by atoms with E-state index in [2.05, 4.69) is 9.97 Å². The van der Waals surface area contributed by atoms with Gasteiger partial charge in [-0.3, -0.25) is 5.41 Å². The summed E-state index contributed by atoms with van der Waals surface area (Å²) in [6, 6.07) is 6.97. The summed E-state index contributed by atoms with van der Waals surface area (Å²) in [6.45, 7) is 1.84. The third-order valence-corrected chi connectivity index (χ3v) is 3.06. The second kappa shape index (κ2) is 5.64. The molecule has 1 heterocycles. The molecule has 0 aliphatic heterocycles. The Bertz CT molecular complexity index is 624. The van der Waals surface area contributed by atoms with Gasteiger partial charge in [0.25, 0.3) is 0 Å².